The van der Waals surface area contributed by atoms with Crippen molar-refractivity contribution in [3.05, 3.63) is 48.0 Å². The van der Waals surface area contributed by atoms with E-state index in [1.54, 1.807) is 12.1 Å². The van der Waals surface area contributed by atoms with Gasteiger partial charge >= 0.3 is 0 Å². The van der Waals surface area contributed by atoms with Gasteiger partial charge in [0.15, 0.2) is 17.2 Å². The molecule has 3 aromatic heterocycles. The van der Waals surface area contributed by atoms with Crippen molar-refractivity contribution < 1.29 is 4.79 Å². The van der Waals surface area contributed by atoms with E-state index in [0.717, 1.165) is 24.3 Å². The molecule has 0 aromatic carbocycles. The van der Waals surface area contributed by atoms with E-state index in [1.165, 1.54) is 12.8 Å². The smallest absolute Gasteiger partial charge is 0.272 e. The maximum Gasteiger partial charge on any atom is 0.272 e. The molecule has 0 radical (unpaired) electrons. The fourth-order valence-electron chi connectivity index (χ4n) is 3.06. The van der Waals surface area contributed by atoms with Crippen molar-refractivity contribution >= 4 is 17.4 Å². The normalized spacial score (nSPS) is 14.7. The molecule has 1 saturated carbocycles. The summed E-state index contributed by atoms with van der Waals surface area (Å²) in [5.41, 5.74) is 1.13. The SMILES string of the molecule is O=C(NC1CCCC1)c1ccc(NCc2nnc3ccccn23)nn1. The predicted molar refractivity (Wildman–Crippen MR) is 92.1 cm³/mol. The van der Waals surface area contributed by atoms with E-state index < -0.39 is 0 Å². The molecule has 1 aliphatic rings. The molecule has 1 fully saturated rings. The number of nitrogens with one attached hydrogen (secondary N) is 2. The zero-order valence-corrected chi connectivity index (χ0v) is 13.7. The van der Waals surface area contributed by atoms with Crippen molar-refractivity contribution in [1.82, 2.24) is 30.1 Å². The summed E-state index contributed by atoms with van der Waals surface area (Å²) in [6.45, 7) is 0.466. The third-order valence-corrected chi connectivity index (χ3v) is 4.40. The number of anilines is 1. The number of hydrogen-bond donors (Lipinski definition) is 2. The van der Waals surface area contributed by atoms with Gasteiger partial charge in [0.2, 0.25) is 0 Å². The number of aromatic nitrogens is 5. The van der Waals surface area contributed by atoms with Crippen LogP contribution >= 0.6 is 0 Å². The van der Waals surface area contributed by atoms with Crippen molar-refractivity contribution in [3.8, 4) is 0 Å². The molecule has 0 aliphatic heterocycles. The van der Waals surface area contributed by atoms with Crippen LogP contribution in [0.2, 0.25) is 0 Å². The van der Waals surface area contributed by atoms with Gasteiger partial charge in [0.25, 0.3) is 5.91 Å². The van der Waals surface area contributed by atoms with Crippen LogP contribution in [0, 0.1) is 0 Å². The monoisotopic (exact) mass is 337 g/mol. The molecule has 0 unspecified atom stereocenters. The van der Waals surface area contributed by atoms with Crippen LogP contribution in [0.5, 0.6) is 0 Å². The van der Waals surface area contributed by atoms with Gasteiger partial charge in [-0.25, -0.2) is 0 Å². The summed E-state index contributed by atoms with van der Waals surface area (Å²) in [6.07, 6.45) is 6.36. The molecular weight excluding hydrogens is 318 g/mol. The Morgan fingerprint density at radius 2 is 1.96 bits per heavy atom. The first-order valence-electron chi connectivity index (χ1n) is 8.47. The highest BCUT2D eigenvalue weighted by Crippen LogP contribution is 2.18. The summed E-state index contributed by atoms with van der Waals surface area (Å²) in [6, 6.07) is 9.45. The molecular formula is C17H19N7O. The van der Waals surface area contributed by atoms with E-state index in [-0.39, 0.29) is 11.9 Å². The van der Waals surface area contributed by atoms with Crippen LogP contribution in [0.25, 0.3) is 5.65 Å². The van der Waals surface area contributed by atoms with Crippen LogP contribution < -0.4 is 10.6 Å². The minimum absolute atomic E-state index is 0.158. The van der Waals surface area contributed by atoms with Crippen LogP contribution in [0.4, 0.5) is 5.82 Å². The number of nitrogens with zero attached hydrogens (tertiary/aromatic N) is 5. The van der Waals surface area contributed by atoms with Crippen LogP contribution in [-0.4, -0.2) is 36.7 Å². The first kappa shape index (κ1) is 15.5. The number of carbonyl (C=O) groups excluding carboxylic acids is 1. The second kappa shape index (κ2) is 6.84. The van der Waals surface area contributed by atoms with E-state index >= 15 is 0 Å². The Labute approximate surface area is 144 Å². The topological polar surface area (TPSA) is 97.1 Å². The number of amides is 1. The van der Waals surface area contributed by atoms with Crippen molar-refractivity contribution in [3.63, 3.8) is 0 Å². The minimum Gasteiger partial charge on any atom is -0.361 e. The summed E-state index contributed by atoms with van der Waals surface area (Å²) in [4.78, 5) is 12.1. The van der Waals surface area contributed by atoms with Crippen LogP contribution in [-0.2, 0) is 6.54 Å². The average molecular weight is 337 g/mol. The number of pyridine rings is 1. The Morgan fingerprint density at radius 3 is 2.76 bits per heavy atom. The summed E-state index contributed by atoms with van der Waals surface area (Å²) >= 11 is 0. The van der Waals surface area contributed by atoms with E-state index in [2.05, 4.69) is 31.0 Å². The van der Waals surface area contributed by atoms with Gasteiger partial charge in [-0.15, -0.1) is 20.4 Å². The fraction of sp³-hybridized carbons (Fsp3) is 0.353. The molecule has 4 rings (SSSR count). The second-order valence-corrected chi connectivity index (χ2v) is 6.16. The Hall–Kier alpha value is -3.03. The quantitative estimate of drug-likeness (QED) is 0.737. The largest absolute Gasteiger partial charge is 0.361 e. The molecule has 8 heteroatoms. The lowest BCUT2D eigenvalue weighted by molar-refractivity contribution is 0.0932. The lowest BCUT2D eigenvalue weighted by atomic mass is 10.2. The van der Waals surface area contributed by atoms with Gasteiger partial charge in [0.05, 0.1) is 6.54 Å². The molecule has 1 amide bonds. The standard InChI is InChI=1S/C17H19N7O/c25-17(19-12-5-1-2-6-12)13-8-9-14(21-20-13)18-11-16-23-22-15-7-3-4-10-24(15)16/h3-4,7-10,12H,1-2,5-6,11H2,(H,18,21)(H,19,25). The Kier molecular flexibility index (Phi) is 4.24. The molecule has 8 nitrogen and oxygen atoms in total. The van der Waals surface area contributed by atoms with Crippen LogP contribution in [0.15, 0.2) is 36.5 Å². The van der Waals surface area contributed by atoms with Gasteiger partial charge in [-0.1, -0.05) is 18.9 Å². The minimum atomic E-state index is -0.158. The highest BCUT2D eigenvalue weighted by Gasteiger charge is 2.18. The second-order valence-electron chi connectivity index (χ2n) is 6.16. The van der Waals surface area contributed by atoms with Gasteiger partial charge in [-0.3, -0.25) is 9.20 Å². The molecule has 0 saturated heterocycles. The first-order valence-corrected chi connectivity index (χ1v) is 8.47. The zero-order chi connectivity index (χ0) is 17.1. The summed E-state index contributed by atoms with van der Waals surface area (Å²) in [5, 5.41) is 22.5. The summed E-state index contributed by atoms with van der Waals surface area (Å²) < 4.78 is 1.91. The van der Waals surface area contributed by atoms with Gasteiger partial charge in [0, 0.05) is 12.2 Å². The fourth-order valence-corrected chi connectivity index (χ4v) is 3.06. The number of rotatable bonds is 5. The molecule has 0 bridgehead atoms. The van der Waals surface area contributed by atoms with Crippen LogP contribution in [0.1, 0.15) is 42.0 Å². The van der Waals surface area contributed by atoms with Gasteiger partial charge in [0.1, 0.15) is 5.82 Å². The van der Waals surface area contributed by atoms with Crippen molar-refractivity contribution in [1.29, 1.82) is 0 Å². The molecule has 0 atom stereocenters. The highest BCUT2D eigenvalue weighted by atomic mass is 16.2. The number of fused-ring (bicyclic) bond motifs is 1. The van der Waals surface area contributed by atoms with Crippen molar-refractivity contribution in [2.24, 2.45) is 0 Å². The molecule has 0 spiro atoms. The lowest BCUT2D eigenvalue weighted by Crippen LogP contribution is -2.33. The average Bonchev–Trinajstić information content (AvgIpc) is 3.30. The highest BCUT2D eigenvalue weighted by molar-refractivity contribution is 5.92. The third kappa shape index (κ3) is 3.42. The molecule has 2 N–H and O–H groups in total. The van der Waals surface area contributed by atoms with E-state index in [9.17, 15) is 4.79 Å². The predicted octanol–water partition coefficient (Wildman–Crippen LogP) is 1.80. The van der Waals surface area contributed by atoms with Crippen molar-refractivity contribution in [2.45, 2.75) is 38.3 Å². The maximum absolute atomic E-state index is 12.1. The summed E-state index contributed by atoms with van der Waals surface area (Å²) in [7, 11) is 0. The summed E-state index contributed by atoms with van der Waals surface area (Å²) in [5.74, 6) is 1.21. The number of hydrogen-bond acceptors (Lipinski definition) is 6. The Morgan fingerprint density at radius 1 is 1.08 bits per heavy atom. The third-order valence-electron chi connectivity index (χ3n) is 4.40. The molecule has 1 aliphatic carbocycles. The van der Waals surface area contributed by atoms with Crippen LogP contribution in [0.3, 0.4) is 0 Å². The molecule has 3 heterocycles. The van der Waals surface area contributed by atoms with Crippen molar-refractivity contribution in [2.75, 3.05) is 5.32 Å². The Bertz CT molecular complexity index is 868. The Balaban J connectivity index is 1.37. The lowest BCUT2D eigenvalue weighted by Gasteiger charge is -2.11. The first-order chi connectivity index (χ1) is 12.3. The van der Waals surface area contributed by atoms with Gasteiger partial charge in [-0.05, 0) is 37.1 Å². The number of carbonyl (C=O) groups is 1. The molecule has 3 aromatic rings. The van der Waals surface area contributed by atoms with E-state index in [1.807, 2.05) is 28.8 Å². The maximum atomic E-state index is 12.1. The van der Waals surface area contributed by atoms with E-state index in [4.69, 9.17) is 0 Å². The zero-order valence-electron chi connectivity index (χ0n) is 13.7. The van der Waals surface area contributed by atoms with Gasteiger partial charge < -0.3 is 10.6 Å². The molecule has 128 valence electrons. The van der Waals surface area contributed by atoms with Gasteiger partial charge in [-0.2, -0.15) is 0 Å². The molecule has 25 heavy (non-hydrogen) atoms. The van der Waals surface area contributed by atoms with E-state index in [0.29, 0.717) is 18.1 Å².